The van der Waals surface area contributed by atoms with Gasteiger partial charge in [-0.2, -0.15) is 5.26 Å². The Labute approximate surface area is 116 Å². The minimum atomic E-state index is -0.0686. The third kappa shape index (κ3) is 2.14. The number of likely N-dealkylation sites (tertiary alicyclic amines) is 1. The number of aromatic amines is 1. The van der Waals surface area contributed by atoms with Crippen LogP contribution in [-0.2, 0) is 0 Å². The number of hydrogen-bond acceptors (Lipinski definition) is 4. The molecule has 1 atom stereocenters. The number of nitriles is 1. The molecule has 100 valence electrons. The highest BCUT2D eigenvalue weighted by Crippen LogP contribution is 2.30. The number of hydrogen-bond donors (Lipinski definition) is 1. The summed E-state index contributed by atoms with van der Waals surface area (Å²) in [6, 6.07) is 5.14. The minimum absolute atomic E-state index is 0.00635. The molecular formula is C14H13N5O. The molecule has 20 heavy (non-hydrogen) atoms. The molecule has 0 bridgehead atoms. The maximum atomic E-state index is 12.5. The number of aromatic nitrogens is 3. The molecule has 2 aromatic rings. The number of pyridine rings is 1. The number of H-pyrrole nitrogens is 1. The summed E-state index contributed by atoms with van der Waals surface area (Å²) in [6.07, 6.45) is 6.78. The van der Waals surface area contributed by atoms with E-state index in [1.165, 1.54) is 6.20 Å². The standard InChI is InChI=1S/C14H13N5O/c15-8-11-4-3-10(9-18-11)14(20)19-7-1-2-12(19)13-16-5-6-17-13/h3-6,9,12H,1-2,7H2,(H,16,17). The van der Waals surface area contributed by atoms with Crippen LogP contribution in [0.25, 0.3) is 0 Å². The molecule has 0 aliphatic carbocycles. The van der Waals surface area contributed by atoms with Crippen molar-refractivity contribution in [2.45, 2.75) is 18.9 Å². The van der Waals surface area contributed by atoms with Crippen molar-refractivity contribution < 1.29 is 4.79 Å². The van der Waals surface area contributed by atoms with Gasteiger partial charge in [0.15, 0.2) is 0 Å². The van der Waals surface area contributed by atoms with Crippen molar-refractivity contribution in [1.29, 1.82) is 5.26 Å². The molecule has 1 N–H and O–H groups in total. The first-order chi connectivity index (χ1) is 9.79. The van der Waals surface area contributed by atoms with Gasteiger partial charge in [-0.1, -0.05) is 0 Å². The Morgan fingerprint density at radius 2 is 2.35 bits per heavy atom. The van der Waals surface area contributed by atoms with Crippen LogP contribution in [0.3, 0.4) is 0 Å². The summed E-state index contributed by atoms with van der Waals surface area (Å²) < 4.78 is 0. The molecule has 3 rings (SSSR count). The predicted octanol–water partition coefficient (Wildman–Crippen LogP) is 1.65. The van der Waals surface area contributed by atoms with Crippen LogP contribution in [0, 0.1) is 11.3 Å². The third-order valence-electron chi connectivity index (χ3n) is 3.47. The number of amides is 1. The van der Waals surface area contributed by atoms with E-state index >= 15 is 0 Å². The van der Waals surface area contributed by atoms with Crippen molar-refractivity contribution in [2.24, 2.45) is 0 Å². The molecule has 2 aromatic heterocycles. The largest absolute Gasteiger partial charge is 0.347 e. The Morgan fingerprint density at radius 3 is 3.00 bits per heavy atom. The van der Waals surface area contributed by atoms with Gasteiger partial charge in [-0.3, -0.25) is 4.79 Å². The molecule has 1 aliphatic heterocycles. The number of carbonyl (C=O) groups is 1. The zero-order valence-corrected chi connectivity index (χ0v) is 10.8. The SMILES string of the molecule is N#Cc1ccc(C(=O)N2CCCC2c2ncc[nH]2)cn1. The predicted molar refractivity (Wildman–Crippen MR) is 70.6 cm³/mol. The van der Waals surface area contributed by atoms with Gasteiger partial charge in [0.1, 0.15) is 17.6 Å². The highest BCUT2D eigenvalue weighted by molar-refractivity contribution is 5.94. The normalized spacial score (nSPS) is 17.9. The molecule has 0 radical (unpaired) electrons. The van der Waals surface area contributed by atoms with Gasteiger partial charge in [0, 0.05) is 25.1 Å². The average molecular weight is 267 g/mol. The molecule has 0 saturated carbocycles. The smallest absolute Gasteiger partial charge is 0.256 e. The van der Waals surface area contributed by atoms with Crippen LogP contribution < -0.4 is 0 Å². The summed E-state index contributed by atoms with van der Waals surface area (Å²) in [5, 5.41) is 8.73. The lowest BCUT2D eigenvalue weighted by molar-refractivity contribution is 0.0730. The fraction of sp³-hybridized carbons (Fsp3) is 0.286. The van der Waals surface area contributed by atoms with Crippen molar-refractivity contribution in [2.75, 3.05) is 6.54 Å². The van der Waals surface area contributed by atoms with Gasteiger partial charge in [0.25, 0.3) is 5.91 Å². The molecular weight excluding hydrogens is 254 g/mol. The lowest BCUT2D eigenvalue weighted by Gasteiger charge is -2.23. The quantitative estimate of drug-likeness (QED) is 0.896. The van der Waals surface area contributed by atoms with E-state index in [-0.39, 0.29) is 11.9 Å². The molecule has 1 unspecified atom stereocenters. The molecule has 3 heterocycles. The molecule has 1 fully saturated rings. The second-order valence-electron chi connectivity index (χ2n) is 4.67. The lowest BCUT2D eigenvalue weighted by Crippen LogP contribution is -2.31. The van der Waals surface area contributed by atoms with Gasteiger partial charge in [0.05, 0.1) is 11.6 Å². The lowest BCUT2D eigenvalue weighted by atomic mass is 10.2. The van der Waals surface area contributed by atoms with E-state index in [1.54, 1.807) is 24.5 Å². The van der Waals surface area contributed by atoms with Crippen LogP contribution in [0.5, 0.6) is 0 Å². The fourth-order valence-corrected chi connectivity index (χ4v) is 2.51. The van der Waals surface area contributed by atoms with Crippen LogP contribution >= 0.6 is 0 Å². The van der Waals surface area contributed by atoms with E-state index < -0.39 is 0 Å². The summed E-state index contributed by atoms with van der Waals surface area (Å²) >= 11 is 0. The van der Waals surface area contributed by atoms with Crippen LogP contribution in [0.4, 0.5) is 0 Å². The van der Waals surface area contributed by atoms with Gasteiger partial charge in [-0.15, -0.1) is 0 Å². The third-order valence-corrected chi connectivity index (χ3v) is 3.47. The zero-order valence-electron chi connectivity index (χ0n) is 10.8. The summed E-state index contributed by atoms with van der Waals surface area (Å²) in [4.78, 5) is 25.6. The highest BCUT2D eigenvalue weighted by Gasteiger charge is 2.32. The highest BCUT2D eigenvalue weighted by atomic mass is 16.2. The summed E-state index contributed by atoms with van der Waals surface area (Å²) in [5.74, 6) is 0.748. The van der Waals surface area contributed by atoms with Crippen molar-refractivity contribution in [3.8, 4) is 6.07 Å². The fourth-order valence-electron chi connectivity index (χ4n) is 2.51. The zero-order chi connectivity index (χ0) is 13.9. The summed E-state index contributed by atoms with van der Waals surface area (Å²) in [6.45, 7) is 0.713. The van der Waals surface area contributed by atoms with Crippen molar-refractivity contribution in [1.82, 2.24) is 19.9 Å². The average Bonchev–Trinajstić information content (AvgIpc) is 3.16. The van der Waals surface area contributed by atoms with Crippen LogP contribution in [-0.4, -0.2) is 32.3 Å². The van der Waals surface area contributed by atoms with E-state index in [1.807, 2.05) is 11.0 Å². The Bertz CT molecular complexity index is 641. The number of rotatable bonds is 2. The van der Waals surface area contributed by atoms with Gasteiger partial charge >= 0.3 is 0 Å². The van der Waals surface area contributed by atoms with E-state index in [2.05, 4.69) is 15.0 Å². The van der Waals surface area contributed by atoms with Gasteiger partial charge in [-0.05, 0) is 25.0 Å². The van der Waals surface area contributed by atoms with Gasteiger partial charge in [-0.25, -0.2) is 9.97 Å². The number of carbonyl (C=O) groups excluding carboxylic acids is 1. The molecule has 1 saturated heterocycles. The summed E-state index contributed by atoms with van der Waals surface area (Å²) in [7, 11) is 0. The van der Waals surface area contributed by atoms with Gasteiger partial charge < -0.3 is 9.88 Å². The Hall–Kier alpha value is -2.68. The Kier molecular flexibility index (Phi) is 3.17. The van der Waals surface area contributed by atoms with Crippen molar-refractivity contribution in [3.05, 3.63) is 47.8 Å². The number of nitrogens with one attached hydrogen (secondary N) is 1. The number of imidazole rings is 1. The van der Waals surface area contributed by atoms with Crippen molar-refractivity contribution in [3.63, 3.8) is 0 Å². The molecule has 6 heteroatoms. The van der Waals surface area contributed by atoms with Crippen LogP contribution in [0.2, 0.25) is 0 Å². The number of nitrogens with zero attached hydrogens (tertiary/aromatic N) is 4. The molecule has 6 nitrogen and oxygen atoms in total. The molecule has 0 aromatic carbocycles. The molecule has 1 aliphatic rings. The van der Waals surface area contributed by atoms with Crippen LogP contribution in [0.15, 0.2) is 30.7 Å². The second kappa shape index (κ2) is 5.13. The van der Waals surface area contributed by atoms with E-state index in [0.29, 0.717) is 17.8 Å². The first-order valence-electron chi connectivity index (χ1n) is 6.46. The molecule has 0 spiro atoms. The Morgan fingerprint density at radius 1 is 1.45 bits per heavy atom. The maximum Gasteiger partial charge on any atom is 0.256 e. The molecule has 1 amide bonds. The van der Waals surface area contributed by atoms with E-state index in [9.17, 15) is 4.79 Å². The first-order valence-corrected chi connectivity index (χ1v) is 6.46. The topological polar surface area (TPSA) is 85.7 Å². The monoisotopic (exact) mass is 267 g/mol. The van der Waals surface area contributed by atoms with E-state index in [0.717, 1.165) is 18.7 Å². The first kappa shape index (κ1) is 12.4. The second-order valence-corrected chi connectivity index (χ2v) is 4.67. The minimum Gasteiger partial charge on any atom is -0.347 e. The Balaban J connectivity index is 1.84. The van der Waals surface area contributed by atoms with Crippen molar-refractivity contribution >= 4 is 5.91 Å². The van der Waals surface area contributed by atoms with Gasteiger partial charge in [0.2, 0.25) is 0 Å². The maximum absolute atomic E-state index is 12.5. The van der Waals surface area contributed by atoms with Crippen LogP contribution in [0.1, 0.15) is 40.8 Å². The summed E-state index contributed by atoms with van der Waals surface area (Å²) in [5.41, 5.74) is 0.813. The van der Waals surface area contributed by atoms with E-state index in [4.69, 9.17) is 5.26 Å².